The first-order valence-electron chi connectivity index (χ1n) is 4.85. The van der Waals surface area contributed by atoms with Crippen molar-refractivity contribution in [2.45, 2.75) is 9.79 Å². The Morgan fingerprint density at radius 3 is 2.39 bits per heavy atom. The van der Waals surface area contributed by atoms with Crippen molar-refractivity contribution in [2.75, 3.05) is 5.73 Å². The third kappa shape index (κ3) is 2.73. The summed E-state index contributed by atoms with van der Waals surface area (Å²) in [5.41, 5.74) is 5.71. The van der Waals surface area contributed by atoms with Crippen LogP contribution in [0.1, 0.15) is 0 Å². The van der Waals surface area contributed by atoms with E-state index in [0.717, 1.165) is 36.0 Å². The van der Waals surface area contributed by atoms with E-state index in [2.05, 4.69) is 0 Å². The highest BCUT2D eigenvalue weighted by Crippen LogP contribution is 2.36. The average molecular weight is 290 g/mol. The van der Waals surface area contributed by atoms with Gasteiger partial charge >= 0.3 is 0 Å². The highest BCUT2D eigenvalue weighted by molar-refractivity contribution is 7.99. The molecule has 0 atom stereocenters. The van der Waals surface area contributed by atoms with Crippen LogP contribution in [0.25, 0.3) is 0 Å². The summed E-state index contributed by atoms with van der Waals surface area (Å²) in [5.74, 6) is -1.80. The molecular formula is C12H7ClF3NS. The van der Waals surface area contributed by atoms with Crippen LogP contribution in [0.2, 0.25) is 5.02 Å². The minimum atomic E-state index is -0.654. The van der Waals surface area contributed by atoms with Crippen LogP contribution in [-0.2, 0) is 0 Å². The lowest BCUT2D eigenvalue weighted by Crippen LogP contribution is -1.92. The van der Waals surface area contributed by atoms with E-state index < -0.39 is 17.5 Å². The molecule has 18 heavy (non-hydrogen) atoms. The van der Waals surface area contributed by atoms with Crippen molar-refractivity contribution in [1.82, 2.24) is 0 Å². The number of hydrogen-bond donors (Lipinski definition) is 1. The molecule has 0 heterocycles. The number of rotatable bonds is 2. The molecule has 0 aromatic heterocycles. The quantitative estimate of drug-likeness (QED) is 0.824. The van der Waals surface area contributed by atoms with Crippen LogP contribution in [-0.4, -0.2) is 0 Å². The van der Waals surface area contributed by atoms with Crippen molar-refractivity contribution in [3.63, 3.8) is 0 Å². The Balaban J connectivity index is 2.40. The zero-order valence-corrected chi connectivity index (χ0v) is 10.5. The van der Waals surface area contributed by atoms with Crippen LogP contribution in [0.5, 0.6) is 0 Å². The summed E-state index contributed by atoms with van der Waals surface area (Å²) in [6.45, 7) is 0. The second-order valence-electron chi connectivity index (χ2n) is 3.48. The molecule has 0 saturated carbocycles. The molecule has 0 fully saturated rings. The molecule has 2 N–H and O–H groups in total. The first-order chi connectivity index (χ1) is 8.47. The van der Waals surface area contributed by atoms with Gasteiger partial charge in [0.25, 0.3) is 0 Å². The summed E-state index contributed by atoms with van der Waals surface area (Å²) in [7, 11) is 0. The van der Waals surface area contributed by atoms with Gasteiger partial charge in [0.2, 0.25) is 0 Å². The molecule has 0 bridgehead atoms. The molecule has 2 aromatic carbocycles. The predicted octanol–water partition coefficient (Wildman–Crippen LogP) is 4.49. The fourth-order valence-corrected chi connectivity index (χ4v) is 2.46. The first kappa shape index (κ1) is 13.1. The molecule has 94 valence electrons. The molecule has 6 heteroatoms. The molecule has 0 aliphatic heterocycles. The lowest BCUT2D eigenvalue weighted by Gasteiger charge is -2.07. The summed E-state index contributed by atoms with van der Waals surface area (Å²) in [6, 6.07) is 5.39. The number of benzene rings is 2. The Labute approximate surface area is 111 Å². The van der Waals surface area contributed by atoms with Gasteiger partial charge < -0.3 is 5.73 Å². The average Bonchev–Trinajstić information content (AvgIpc) is 2.30. The number of nitrogen functional groups attached to an aromatic ring is 1. The molecule has 0 radical (unpaired) electrons. The summed E-state index contributed by atoms with van der Waals surface area (Å²) in [5, 5.41) is -0.122. The van der Waals surface area contributed by atoms with Gasteiger partial charge in [-0.05, 0) is 30.3 Å². The second kappa shape index (κ2) is 5.12. The van der Waals surface area contributed by atoms with Gasteiger partial charge in [-0.2, -0.15) is 0 Å². The first-order valence-corrected chi connectivity index (χ1v) is 6.04. The van der Waals surface area contributed by atoms with Crippen molar-refractivity contribution in [3.05, 3.63) is 52.8 Å². The molecular weight excluding hydrogens is 283 g/mol. The highest BCUT2D eigenvalue weighted by Gasteiger charge is 2.11. The number of anilines is 1. The second-order valence-corrected chi connectivity index (χ2v) is 4.97. The zero-order valence-electron chi connectivity index (χ0n) is 8.88. The Morgan fingerprint density at radius 1 is 0.944 bits per heavy atom. The number of nitrogens with two attached hydrogens (primary N) is 1. The van der Waals surface area contributed by atoms with Crippen molar-refractivity contribution < 1.29 is 13.2 Å². The van der Waals surface area contributed by atoms with Crippen LogP contribution in [0.15, 0.2) is 40.1 Å². The van der Waals surface area contributed by atoms with E-state index in [9.17, 15) is 13.2 Å². The van der Waals surface area contributed by atoms with E-state index in [0.29, 0.717) is 4.90 Å². The smallest absolute Gasteiger partial charge is 0.143 e. The van der Waals surface area contributed by atoms with E-state index in [-0.39, 0.29) is 15.6 Å². The Morgan fingerprint density at radius 2 is 1.67 bits per heavy atom. The molecule has 2 aromatic rings. The Bertz CT molecular complexity index is 604. The van der Waals surface area contributed by atoms with Gasteiger partial charge in [0.1, 0.15) is 17.5 Å². The molecule has 0 amide bonds. The molecule has 0 saturated heterocycles. The van der Waals surface area contributed by atoms with Crippen LogP contribution < -0.4 is 5.73 Å². The number of hydrogen-bond acceptors (Lipinski definition) is 2. The Hall–Kier alpha value is -1.33. The summed E-state index contributed by atoms with van der Waals surface area (Å²) < 4.78 is 39.5. The predicted molar refractivity (Wildman–Crippen MR) is 66.3 cm³/mol. The zero-order chi connectivity index (χ0) is 13.3. The summed E-state index contributed by atoms with van der Waals surface area (Å²) in [6.07, 6.45) is 0. The third-order valence-electron chi connectivity index (χ3n) is 2.17. The third-order valence-corrected chi connectivity index (χ3v) is 3.56. The van der Waals surface area contributed by atoms with E-state index in [4.69, 9.17) is 17.3 Å². The molecule has 0 aliphatic rings. The van der Waals surface area contributed by atoms with Gasteiger partial charge in [0, 0.05) is 10.6 Å². The van der Waals surface area contributed by atoms with Crippen LogP contribution in [0.4, 0.5) is 18.9 Å². The topological polar surface area (TPSA) is 26.0 Å². The normalized spacial score (nSPS) is 10.7. The highest BCUT2D eigenvalue weighted by atomic mass is 35.5. The van der Waals surface area contributed by atoms with E-state index >= 15 is 0 Å². The van der Waals surface area contributed by atoms with Gasteiger partial charge in [0.05, 0.1) is 9.92 Å². The van der Waals surface area contributed by atoms with Gasteiger partial charge in [-0.3, -0.25) is 0 Å². The van der Waals surface area contributed by atoms with E-state index in [1.807, 2.05) is 0 Å². The fourth-order valence-electron chi connectivity index (χ4n) is 1.31. The maximum absolute atomic E-state index is 13.4. The molecule has 1 nitrogen and oxygen atoms in total. The van der Waals surface area contributed by atoms with Crippen molar-refractivity contribution >= 4 is 29.1 Å². The minimum absolute atomic E-state index is 0.0596. The van der Waals surface area contributed by atoms with Crippen LogP contribution >= 0.6 is 23.4 Å². The minimum Gasteiger partial charge on any atom is -0.398 e. The van der Waals surface area contributed by atoms with Gasteiger partial charge in [-0.15, -0.1) is 0 Å². The molecule has 0 spiro atoms. The summed E-state index contributed by atoms with van der Waals surface area (Å²) >= 11 is 6.50. The van der Waals surface area contributed by atoms with Crippen molar-refractivity contribution in [3.8, 4) is 0 Å². The lowest BCUT2D eigenvalue weighted by atomic mass is 10.3. The van der Waals surface area contributed by atoms with Crippen LogP contribution in [0.3, 0.4) is 0 Å². The van der Waals surface area contributed by atoms with Crippen molar-refractivity contribution in [2.24, 2.45) is 0 Å². The molecule has 0 unspecified atom stereocenters. The van der Waals surface area contributed by atoms with E-state index in [1.54, 1.807) is 0 Å². The van der Waals surface area contributed by atoms with Crippen molar-refractivity contribution in [1.29, 1.82) is 0 Å². The standard InChI is InChI=1S/C12H7ClF3NS/c13-7-4-12(10(17)5-9(7)16)18-11-3-6(14)1-2-8(11)15/h1-5H,17H2. The van der Waals surface area contributed by atoms with Gasteiger partial charge in [0.15, 0.2) is 0 Å². The van der Waals surface area contributed by atoms with E-state index in [1.165, 1.54) is 6.07 Å². The maximum Gasteiger partial charge on any atom is 0.143 e. The largest absolute Gasteiger partial charge is 0.398 e. The number of halogens is 4. The Kier molecular flexibility index (Phi) is 3.73. The van der Waals surface area contributed by atoms with Gasteiger partial charge in [-0.25, -0.2) is 13.2 Å². The SMILES string of the molecule is Nc1cc(F)c(Cl)cc1Sc1cc(F)ccc1F. The molecule has 2 rings (SSSR count). The molecule has 0 aliphatic carbocycles. The summed E-state index contributed by atoms with van der Waals surface area (Å²) in [4.78, 5) is 0.426. The van der Waals surface area contributed by atoms with Gasteiger partial charge in [-0.1, -0.05) is 23.4 Å². The van der Waals surface area contributed by atoms with Crippen LogP contribution in [0, 0.1) is 17.5 Å². The maximum atomic E-state index is 13.4. The fraction of sp³-hybridized carbons (Fsp3) is 0. The monoisotopic (exact) mass is 289 g/mol. The lowest BCUT2D eigenvalue weighted by molar-refractivity contribution is 0.577.